The van der Waals surface area contributed by atoms with Gasteiger partial charge < -0.3 is 14.8 Å². The second kappa shape index (κ2) is 10.6. The smallest absolute Gasteiger partial charge is 0.255 e. The molecule has 9 heteroatoms. The molecule has 0 spiro atoms. The molecule has 168 valence electrons. The Balaban J connectivity index is 1.64. The number of nitrogens with one attached hydrogen (secondary N) is 1. The van der Waals surface area contributed by atoms with Crippen LogP contribution in [0.15, 0.2) is 51.8 Å². The average molecular weight is 511 g/mol. The van der Waals surface area contributed by atoms with Crippen LogP contribution >= 0.6 is 15.9 Å². The lowest BCUT2D eigenvalue weighted by atomic mass is 10.0. The molecule has 0 atom stereocenters. The van der Waals surface area contributed by atoms with Crippen LogP contribution in [0.5, 0.6) is 5.75 Å². The molecule has 0 radical (unpaired) electrons. The zero-order chi connectivity index (χ0) is 22.4. The lowest BCUT2D eigenvalue weighted by Gasteiger charge is -2.29. The summed E-state index contributed by atoms with van der Waals surface area (Å²) in [7, 11) is -1.91. The number of ether oxygens (including phenoxy) is 2. The fourth-order valence-electron chi connectivity index (χ4n) is 3.28. The van der Waals surface area contributed by atoms with Crippen LogP contribution in [-0.2, 0) is 14.8 Å². The van der Waals surface area contributed by atoms with Gasteiger partial charge in [-0.05, 0) is 77.2 Å². The van der Waals surface area contributed by atoms with E-state index in [1.807, 2.05) is 0 Å². The number of carbonyl (C=O) groups excluding carboxylic acids is 1. The molecular weight excluding hydrogens is 484 g/mol. The quantitative estimate of drug-likeness (QED) is 0.539. The largest absolute Gasteiger partial charge is 0.490 e. The predicted molar refractivity (Wildman–Crippen MR) is 123 cm³/mol. The van der Waals surface area contributed by atoms with Gasteiger partial charge in [-0.15, -0.1) is 0 Å². The molecule has 0 aliphatic carbocycles. The summed E-state index contributed by atoms with van der Waals surface area (Å²) >= 11 is 3.41. The summed E-state index contributed by atoms with van der Waals surface area (Å²) in [6.07, 6.45) is 1.75. The van der Waals surface area contributed by atoms with Crippen molar-refractivity contribution in [3.8, 4) is 5.75 Å². The molecule has 31 heavy (non-hydrogen) atoms. The van der Waals surface area contributed by atoms with Gasteiger partial charge in [-0.1, -0.05) is 6.92 Å². The Labute approximate surface area is 191 Å². The van der Waals surface area contributed by atoms with Gasteiger partial charge in [0.2, 0.25) is 10.0 Å². The third-order valence-electron chi connectivity index (χ3n) is 5.23. The van der Waals surface area contributed by atoms with Gasteiger partial charge in [0, 0.05) is 31.5 Å². The molecule has 1 amide bonds. The van der Waals surface area contributed by atoms with Crippen molar-refractivity contribution in [3.63, 3.8) is 0 Å². The summed E-state index contributed by atoms with van der Waals surface area (Å²) < 4.78 is 38.4. The van der Waals surface area contributed by atoms with Crippen molar-refractivity contribution in [1.82, 2.24) is 4.31 Å². The zero-order valence-electron chi connectivity index (χ0n) is 17.6. The van der Waals surface area contributed by atoms with Crippen LogP contribution in [0.25, 0.3) is 0 Å². The van der Waals surface area contributed by atoms with E-state index >= 15 is 0 Å². The maximum absolute atomic E-state index is 12.8. The average Bonchev–Trinajstić information content (AvgIpc) is 2.75. The summed E-state index contributed by atoms with van der Waals surface area (Å²) in [6, 6.07) is 11.3. The number of hydrogen-bond acceptors (Lipinski definition) is 5. The molecule has 1 heterocycles. The van der Waals surface area contributed by atoms with Crippen molar-refractivity contribution in [3.05, 3.63) is 52.5 Å². The van der Waals surface area contributed by atoms with Gasteiger partial charge in [0.1, 0.15) is 12.4 Å². The highest BCUT2D eigenvalue weighted by Crippen LogP contribution is 2.27. The van der Waals surface area contributed by atoms with Crippen LogP contribution in [0.4, 0.5) is 5.69 Å². The number of methoxy groups -OCH3 is 1. The number of anilines is 1. The SMILES string of the molecule is COCCOc1ccc(C(=O)Nc2ccc(S(=O)(=O)N3CCC(C)CC3)cc2)cc1Br. The molecule has 0 saturated carbocycles. The molecule has 1 N–H and O–H groups in total. The van der Waals surface area contributed by atoms with Crippen molar-refractivity contribution >= 4 is 37.5 Å². The predicted octanol–water partition coefficient (Wildman–Crippen LogP) is 4.15. The summed E-state index contributed by atoms with van der Waals surface area (Å²) in [4.78, 5) is 12.8. The van der Waals surface area contributed by atoms with Gasteiger partial charge in [0.05, 0.1) is 16.0 Å². The molecule has 0 bridgehead atoms. The van der Waals surface area contributed by atoms with Crippen LogP contribution in [0.3, 0.4) is 0 Å². The highest BCUT2D eigenvalue weighted by molar-refractivity contribution is 9.10. The first-order valence-corrected chi connectivity index (χ1v) is 12.4. The summed E-state index contributed by atoms with van der Waals surface area (Å²) in [5.41, 5.74) is 0.970. The zero-order valence-corrected chi connectivity index (χ0v) is 20.0. The minimum Gasteiger partial charge on any atom is -0.490 e. The van der Waals surface area contributed by atoms with Gasteiger partial charge >= 0.3 is 0 Å². The van der Waals surface area contributed by atoms with Crippen LogP contribution < -0.4 is 10.1 Å². The number of halogens is 1. The first-order valence-electron chi connectivity index (χ1n) is 10.1. The molecular formula is C22H27BrN2O5S. The highest BCUT2D eigenvalue weighted by Gasteiger charge is 2.27. The summed E-state index contributed by atoms with van der Waals surface area (Å²) in [6.45, 7) is 4.11. The van der Waals surface area contributed by atoms with Crippen LogP contribution in [0, 0.1) is 5.92 Å². The van der Waals surface area contributed by atoms with Crippen molar-refractivity contribution in [2.24, 2.45) is 5.92 Å². The van der Waals surface area contributed by atoms with Gasteiger partial charge in [-0.3, -0.25) is 4.79 Å². The minimum absolute atomic E-state index is 0.236. The van der Waals surface area contributed by atoms with Crippen LogP contribution in [0.2, 0.25) is 0 Å². The Morgan fingerprint density at radius 3 is 2.42 bits per heavy atom. The van der Waals surface area contributed by atoms with Gasteiger partial charge in [-0.25, -0.2) is 8.42 Å². The van der Waals surface area contributed by atoms with E-state index in [2.05, 4.69) is 28.2 Å². The molecule has 0 unspecified atom stereocenters. The Morgan fingerprint density at radius 1 is 1.13 bits per heavy atom. The second-order valence-corrected chi connectivity index (χ2v) is 10.3. The molecule has 0 aromatic heterocycles. The number of hydrogen-bond donors (Lipinski definition) is 1. The number of rotatable bonds is 8. The monoisotopic (exact) mass is 510 g/mol. The van der Waals surface area contributed by atoms with Gasteiger partial charge in [0.25, 0.3) is 5.91 Å². The number of piperidine rings is 1. The molecule has 7 nitrogen and oxygen atoms in total. The Morgan fingerprint density at radius 2 is 1.81 bits per heavy atom. The lowest BCUT2D eigenvalue weighted by Crippen LogP contribution is -2.37. The third-order valence-corrected chi connectivity index (χ3v) is 7.76. The Bertz CT molecular complexity index is 1000. The van der Waals surface area contributed by atoms with Gasteiger partial charge in [0.15, 0.2) is 0 Å². The molecule has 1 aliphatic heterocycles. The van der Waals surface area contributed by atoms with Gasteiger partial charge in [-0.2, -0.15) is 4.31 Å². The Hall–Kier alpha value is -1.94. The Kier molecular flexibility index (Phi) is 8.10. The standard InChI is InChI=1S/C22H27BrN2O5S/c1-16-9-11-25(12-10-16)31(27,28)19-6-4-18(5-7-19)24-22(26)17-3-8-21(20(23)15-17)30-14-13-29-2/h3-8,15-16H,9-14H2,1-2H3,(H,24,26). The molecule has 1 saturated heterocycles. The van der Waals surface area contributed by atoms with Crippen molar-refractivity contribution < 1.29 is 22.7 Å². The maximum atomic E-state index is 12.8. The van der Waals surface area contributed by atoms with Crippen molar-refractivity contribution in [2.45, 2.75) is 24.7 Å². The number of nitrogens with zero attached hydrogens (tertiary/aromatic N) is 1. The number of benzene rings is 2. The third kappa shape index (κ3) is 6.06. The topological polar surface area (TPSA) is 84.9 Å². The maximum Gasteiger partial charge on any atom is 0.255 e. The minimum atomic E-state index is -3.51. The highest BCUT2D eigenvalue weighted by atomic mass is 79.9. The molecule has 1 aliphatic rings. The van der Waals surface area contributed by atoms with E-state index in [-0.39, 0.29) is 10.8 Å². The van der Waals surface area contributed by atoms with E-state index in [1.165, 1.54) is 16.4 Å². The van der Waals surface area contributed by atoms with Crippen LogP contribution in [0.1, 0.15) is 30.1 Å². The van der Waals surface area contributed by atoms with E-state index < -0.39 is 10.0 Å². The second-order valence-electron chi connectivity index (χ2n) is 7.55. The van der Waals surface area contributed by atoms with E-state index in [1.54, 1.807) is 37.4 Å². The lowest BCUT2D eigenvalue weighted by molar-refractivity contribution is 0.102. The summed E-state index contributed by atoms with van der Waals surface area (Å²) in [5.74, 6) is 0.870. The first-order chi connectivity index (χ1) is 14.8. The van der Waals surface area contributed by atoms with Crippen LogP contribution in [-0.4, -0.2) is 52.0 Å². The summed E-state index contributed by atoms with van der Waals surface area (Å²) in [5, 5.41) is 2.79. The fraction of sp³-hybridized carbons (Fsp3) is 0.409. The number of sulfonamides is 1. The molecule has 1 fully saturated rings. The van der Waals surface area contributed by atoms with Crippen molar-refractivity contribution in [2.75, 3.05) is 38.7 Å². The van der Waals surface area contributed by atoms with E-state index in [0.29, 0.717) is 53.7 Å². The molecule has 3 rings (SSSR count). The fourth-order valence-corrected chi connectivity index (χ4v) is 5.24. The van der Waals surface area contributed by atoms with E-state index in [0.717, 1.165) is 12.8 Å². The number of carbonyl (C=O) groups is 1. The molecule has 2 aromatic rings. The number of amides is 1. The molecule has 2 aromatic carbocycles. The van der Waals surface area contributed by atoms with E-state index in [9.17, 15) is 13.2 Å². The van der Waals surface area contributed by atoms with Crippen molar-refractivity contribution in [1.29, 1.82) is 0 Å². The van der Waals surface area contributed by atoms with E-state index in [4.69, 9.17) is 9.47 Å². The normalized spacial score (nSPS) is 15.6. The first kappa shape index (κ1) is 23.7.